The predicted octanol–water partition coefficient (Wildman–Crippen LogP) is 3.61. The van der Waals surface area contributed by atoms with Crippen LogP contribution in [0, 0.1) is 5.92 Å². The number of hydrogen-bond acceptors (Lipinski definition) is 2. The molecule has 128 valence electrons. The summed E-state index contributed by atoms with van der Waals surface area (Å²) in [5.74, 6) is 0.345. The van der Waals surface area contributed by atoms with Gasteiger partial charge < -0.3 is 14.6 Å². The van der Waals surface area contributed by atoms with Crippen LogP contribution in [0.2, 0.25) is 0 Å². The zero-order chi connectivity index (χ0) is 16.6. The summed E-state index contributed by atoms with van der Waals surface area (Å²) in [4.78, 5) is 15.2. The Morgan fingerprint density at radius 1 is 1.30 bits per heavy atom. The van der Waals surface area contributed by atoms with Gasteiger partial charge in [-0.15, -0.1) is 0 Å². The van der Waals surface area contributed by atoms with E-state index in [4.69, 9.17) is 0 Å². The third-order valence-electron chi connectivity index (χ3n) is 5.83. The zero-order valence-electron chi connectivity index (χ0n) is 14.7. The van der Waals surface area contributed by atoms with Gasteiger partial charge in [-0.3, -0.25) is 4.79 Å². The van der Waals surface area contributed by atoms with E-state index < -0.39 is 5.60 Å². The molecule has 0 aromatic carbocycles. The predicted molar refractivity (Wildman–Crippen MR) is 91.5 cm³/mol. The number of amides is 1. The molecule has 1 aromatic rings. The van der Waals surface area contributed by atoms with Crippen LogP contribution in [-0.2, 0) is 0 Å². The number of carbonyl (C=O) groups is 1. The van der Waals surface area contributed by atoms with Crippen LogP contribution < -0.4 is 0 Å². The lowest BCUT2D eigenvalue weighted by atomic mass is 9.72. The van der Waals surface area contributed by atoms with Gasteiger partial charge in [0, 0.05) is 30.7 Å². The molecule has 1 saturated carbocycles. The van der Waals surface area contributed by atoms with Crippen LogP contribution in [0.5, 0.6) is 0 Å². The molecule has 1 N–H and O–H groups in total. The van der Waals surface area contributed by atoms with E-state index in [0.29, 0.717) is 0 Å². The van der Waals surface area contributed by atoms with Crippen LogP contribution in [-0.4, -0.2) is 38.7 Å². The molecule has 1 amide bonds. The van der Waals surface area contributed by atoms with Gasteiger partial charge in [-0.1, -0.05) is 12.8 Å². The number of aliphatic hydroxyl groups is 1. The Bertz CT molecular complexity index is 561. The van der Waals surface area contributed by atoms with E-state index in [1.165, 1.54) is 6.42 Å². The number of nitrogens with zero attached hydrogens (tertiary/aromatic N) is 2. The zero-order valence-corrected chi connectivity index (χ0v) is 14.7. The first kappa shape index (κ1) is 16.6. The molecule has 0 bridgehead atoms. The van der Waals surface area contributed by atoms with Gasteiger partial charge in [-0.25, -0.2) is 0 Å². The molecule has 0 spiro atoms. The first-order valence-electron chi connectivity index (χ1n) is 9.12. The van der Waals surface area contributed by atoms with Crippen LogP contribution in [0.3, 0.4) is 0 Å². The summed E-state index contributed by atoms with van der Waals surface area (Å²) in [6, 6.07) is 4.35. The molecule has 2 aliphatic rings. The number of carbonyl (C=O) groups excluding carboxylic acids is 1. The average molecular weight is 318 g/mol. The monoisotopic (exact) mass is 318 g/mol. The van der Waals surface area contributed by atoms with Crippen molar-refractivity contribution in [2.45, 2.75) is 77.0 Å². The van der Waals surface area contributed by atoms with Gasteiger partial charge in [0.05, 0.1) is 5.60 Å². The molecule has 1 saturated heterocycles. The molecule has 2 heterocycles. The van der Waals surface area contributed by atoms with Crippen molar-refractivity contribution < 1.29 is 9.90 Å². The molecule has 4 heteroatoms. The SMILES string of the molecule is CC(C)n1cccc1C(=O)N1CCC[C@@H]1[C@@H]1CCCC[C@]1(C)O. The molecule has 0 unspecified atom stereocenters. The van der Waals surface area contributed by atoms with Crippen molar-refractivity contribution >= 4 is 5.91 Å². The van der Waals surface area contributed by atoms with Gasteiger partial charge in [0.2, 0.25) is 0 Å². The summed E-state index contributed by atoms with van der Waals surface area (Å²) in [6.07, 6.45) is 8.22. The van der Waals surface area contributed by atoms with Gasteiger partial charge in [0.25, 0.3) is 5.91 Å². The van der Waals surface area contributed by atoms with Crippen LogP contribution in [0.25, 0.3) is 0 Å². The highest BCUT2D eigenvalue weighted by Gasteiger charge is 2.45. The Kier molecular flexibility index (Phi) is 4.54. The molecule has 4 nitrogen and oxygen atoms in total. The lowest BCUT2D eigenvalue weighted by molar-refractivity contribution is -0.0578. The Morgan fingerprint density at radius 3 is 2.78 bits per heavy atom. The first-order valence-corrected chi connectivity index (χ1v) is 9.12. The molecule has 1 aliphatic carbocycles. The maximum atomic E-state index is 13.1. The highest BCUT2D eigenvalue weighted by atomic mass is 16.3. The van der Waals surface area contributed by atoms with Crippen molar-refractivity contribution in [1.29, 1.82) is 0 Å². The highest BCUT2D eigenvalue weighted by molar-refractivity contribution is 5.93. The first-order chi connectivity index (χ1) is 10.9. The van der Waals surface area contributed by atoms with E-state index in [2.05, 4.69) is 18.4 Å². The maximum absolute atomic E-state index is 13.1. The van der Waals surface area contributed by atoms with E-state index in [1.807, 2.05) is 30.2 Å². The van der Waals surface area contributed by atoms with Gasteiger partial charge in [-0.2, -0.15) is 0 Å². The second-order valence-corrected chi connectivity index (χ2v) is 7.81. The fraction of sp³-hybridized carbons (Fsp3) is 0.737. The third kappa shape index (κ3) is 3.06. The standard InChI is InChI=1S/C19H30N2O2/c1-14(2)20-12-7-10-17(20)18(22)21-13-6-9-16(21)15-8-4-5-11-19(15,3)23/h7,10,12,14-16,23H,4-6,8-9,11,13H2,1-3H3/t15-,16+,19-/m0/s1. The Labute approximate surface area is 139 Å². The van der Waals surface area contributed by atoms with Crippen LogP contribution in [0.1, 0.15) is 75.8 Å². The van der Waals surface area contributed by atoms with Crippen LogP contribution >= 0.6 is 0 Å². The normalized spacial score (nSPS) is 31.8. The minimum atomic E-state index is -0.633. The summed E-state index contributed by atoms with van der Waals surface area (Å²) in [5, 5.41) is 10.8. The summed E-state index contributed by atoms with van der Waals surface area (Å²) in [7, 11) is 0. The number of hydrogen-bond donors (Lipinski definition) is 1. The largest absolute Gasteiger partial charge is 0.390 e. The number of rotatable bonds is 3. The molecular formula is C19H30N2O2. The van der Waals surface area contributed by atoms with Crippen molar-refractivity contribution in [3.05, 3.63) is 24.0 Å². The van der Waals surface area contributed by atoms with E-state index in [1.54, 1.807) is 0 Å². The van der Waals surface area contributed by atoms with Crippen molar-refractivity contribution in [2.24, 2.45) is 5.92 Å². The van der Waals surface area contributed by atoms with Crippen LogP contribution in [0.15, 0.2) is 18.3 Å². The Morgan fingerprint density at radius 2 is 2.09 bits per heavy atom. The quantitative estimate of drug-likeness (QED) is 0.925. The molecule has 0 radical (unpaired) electrons. The molecule has 3 rings (SSSR count). The smallest absolute Gasteiger partial charge is 0.270 e. The third-order valence-corrected chi connectivity index (χ3v) is 5.83. The van der Waals surface area contributed by atoms with Gasteiger partial charge in [0.15, 0.2) is 0 Å². The van der Waals surface area contributed by atoms with E-state index in [0.717, 1.165) is 44.3 Å². The van der Waals surface area contributed by atoms with Crippen molar-refractivity contribution in [2.75, 3.05) is 6.54 Å². The molecule has 3 atom stereocenters. The molecular weight excluding hydrogens is 288 g/mol. The van der Waals surface area contributed by atoms with Gasteiger partial charge in [0.1, 0.15) is 5.69 Å². The summed E-state index contributed by atoms with van der Waals surface area (Å²) in [6.45, 7) is 6.99. The Hall–Kier alpha value is -1.29. The van der Waals surface area contributed by atoms with Crippen LogP contribution in [0.4, 0.5) is 0 Å². The topological polar surface area (TPSA) is 45.5 Å². The fourth-order valence-corrected chi connectivity index (χ4v) is 4.59. The highest BCUT2D eigenvalue weighted by Crippen LogP contribution is 2.41. The van der Waals surface area contributed by atoms with Gasteiger partial charge in [-0.05, 0) is 58.6 Å². The average Bonchev–Trinajstić information content (AvgIpc) is 3.15. The molecule has 2 fully saturated rings. The lowest BCUT2D eigenvalue weighted by Crippen LogP contribution is -2.50. The maximum Gasteiger partial charge on any atom is 0.270 e. The molecule has 1 aromatic heterocycles. The summed E-state index contributed by atoms with van der Waals surface area (Å²) in [5.41, 5.74) is 0.147. The van der Waals surface area contributed by atoms with Crippen molar-refractivity contribution in [3.63, 3.8) is 0 Å². The van der Waals surface area contributed by atoms with Gasteiger partial charge >= 0.3 is 0 Å². The second-order valence-electron chi connectivity index (χ2n) is 7.81. The second kappa shape index (κ2) is 6.31. The number of likely N-dealkylation sites (tertiary alicyclic amines) is 1. The van der Waals surface area contributed by atoms with E-state index in [9.17, 15) is 9.90 Å². The molecule has 23 heavy (non-hydrogen) atoms. The van der Waals surface area contributed by atoms with E-state index in [-0.39, 0.29) is 23.9 Å². The van der Waals surface area contributed by atoms with Crippen molar-refractivity contribution in [3.8, 4) is 0 Å². The Balaban J connectivity index is 1.84. The lowest BCUT2D eigenvalue weighted by Gasteiger charge is -2.43. The molecule has 1 aliphatic heterocycles. The van der Waals surface area contributed by atoms with E-state index >= 15 is 0 Å². The fourth-order valence-electron chi connectivity index (χ4n) is 4.59. The summed E-state index contributed by atoms with van der Waals surface area (Å²) >= 11 is 0. The van der Waals surface area contributed by atoms with Crippen molar-refractivity contribution in [1.82, 2.24) is 9.47 Å². The minimum Gasteiger partial charge on any atom is -0.390 e. The summed E-state index contributed by atoms with van der Waals surface area (Å²) < 4.78 is 2.05. The number of aromatic nitrogens is 1. The minimum absolute atomic E-state index is 0.132.